The Kier molecular flexibility index (Phi) is 3.14. The molecule has 0 saturated heterocycles. The number of carbonyl (C=O) groups excluding carboxylic acids is 1. The molecule has 0 saturated carbocycles. The van der Waals surface area contributed by atoms with Crippen molar-refractivity contribution >= 4 is 11.6 Å². The summed E-state index contributed by atoms with van der Waals surface area (Å²) >= 11 is 0. The molecule has 1 heterocycles. The van der Waals surface area contributed by atoms with Crippen molar-refractivity contribution in [2.24, 2.45) is 0 Å². The minimum Gasteiger partial charge on any atom is -0.472 e. The average Bonchev–Trinajstić information content (AvgIpc) is 2.81. The number of rotatable bonds is 3. The Labute approximate surface area is 99.6 Å². The van der Waals surface area contributed by atoms with Crippen LogP contribution in [0.25, 0.3) is 0 Å². The molecule has 0 unspecified atom stereocenters. The summed E-state index contributed by atoms with van der Waals surface area (Å²) in [4.78, 5) is 13.7. The molecule has 2 N–H and O–H groups in total. The lowest BCUT2D eigenvalue weighted by molar-refractivity contribution is 0.0786. The third-order valence-electron chi connectivity index (χ3n) is 2.54. The van der Waals surface area contributed by atoms with E-state index >= 15 is 0 Å². The summed E-state index contributed by atoms with van der Waals surface area (Å²) in [5, 5.41) is 0. The van der Waals surface area contributed by atoms with E-state index in [4.69, 9.17) is 10.2 Å². The monoisotopic (exact) mass is 230 g/mol. The Morgan fingerprint density at radius 1 is 1.35 bits per heavy atom. The lowest BCUT2D eigenvalue weighted by Gasteiger charge is -2.17. The van der Waals surface area contributed by atoms with Crippen molar-refractivity contribution in [2.45, 2.75) is 6.54 Å². The van der Waals surface area contributed by atoms with Crippen LogP contribution in [0.3, 0.4) is 0 Å². The minimum absolute atomic E-state index is 0.0932. The van der Waals surface area contributed by atoms with E-state index in [9.17, 15) is 4.79 Å². The molecule has 0 fully saturated rings. The fourth-order valence-electron chi connectivity index (χ4n) is 1.63. The number of benzene rings is 1. The van der Waals surface area contributed by atoms with E-state index in [2.05, 4.69) is 0 Å². The molecule has 1 amide bonds. The first-order valence-corrected chi connectivity index (χ1v) is 5.29. The smallest absolute Gasteiger partial charge is 0.255 e. The normalized spacial score (nSPS) is 10.2. The molecular formula is C13H14N2O2. The summed E-state index contributed by atoms with van der Waals surface area (Å²) in [6.07, 6.45) is 3.21. The number of para-hydroxylation sites is 1. The Balaban J connectivity index is 2.13. The molecule has 88 valence electrons. The van der Waals surface area contributed by atoms with Crippen LogP contribution >= 0.6 is 0 Å². The van der Waals surface area contributed by atoms with E-state index < -0.39 is 0 Å². The van der Waals surface area contributed by atoms with Crippen LogP contribution in [0.5, 0.6) is 0 Å². The zero-order chi connectivity index (χ0) is 12.3. The summed E-state index contributed by atoms with van der Waals surface area (Å²) in [5.41, 5.74) is 7.74. The van der Waals surface area contributed by atoms with Crippen LogP contribution in [-0.4, -0.2) is 17.9 Å². The first-order chi connectivity index (χ1) is 8.18. The van der Waals surface area contributed by atoms with E-state index in [0.717, 1.165) is 5.56 Å². The van der Waals surface area contributed by atoms with Crippen LogP contribution in [0.15, 0.2) is 47.3 Å². The van der Waals surface area contributed by atoms with Crippen molar-refractivity contribution < 1.29 is 9.21 Å². The number of hydrogen-bond acceptors (Lipinski definition) is 3. The molecule has 4 nitrogen and oxygen atoms in total. The topological polar surface area (TPSA) is 59.5 Å². The van der Waals surface area contributed by atoms with Gasteiger partial charge in [-0.1, -0.05) is 12.1 Å². The number of nitrogens with zero attached hydrogens (tertiary/aromatic N) is 1. The van der Waals surface area contributed by atoms with Crippen LogP contribution in [0.2, 0.25) is 0 Å². The number of carbonyl (C=O) groups is 1. The zero-order valence-corrected chi connectivity index (χ0v) is 9.59. The second-order valence-electron chi connectivity index (χ2n) is 3.88. The van der Waals surface area contributed by atoms with Gasteiger partial charge in [0.1, 0.15) is 0 Å². The first kappa shape index (κ1) is 11.3. The van der Waals surface area contributed by atoms with E-state index in [1.165, 1.54) is 0 Å². The molecule has 0 bridgehead atoms. The standard InChI is InChI=1S/C13H14N2O2/c1-15(8-10-6-7-17-9-10)13(16)11-4-2-3-5-12(11)14/h2-7,9H,8,14H2,1H3. The lowest BCUT2D eigenvalue weighted by atomic mass is 10.1. The highest BCUT2D eigenvalue weighted by molar-refractivity contribution is 5.98. The molecule has 2 aromatic rings. The zero-order valence-electron chi connectivity index (χ0n) is 9.59. The second-order valence-corrected chi connectivity index (χ2v) is 3.88. The number of anilines is 1. The van der Waals surface area contributed by atoms with Crippen LogP contribution < -0.4 is 5.73 Å². The Bertz CT molecular complexity index is 506. The fourth-order valence-corrected chi connectivity index (χ4v) is 1.63. The maximum absolute atomic E-state index is 12.1. The summed E-state index contributed by atoms with van der Waals surface area (Å²) in [7, 11) is 1.74. The van der Waals surface area contributed by atoms with Gasteiger partial charge < -0.3 is 15.1 Å². The Hall–Kier alpha value is -2.23. The molecule has 4 heteroatoms. The van der Waals surface area contributed by atoms with Crippen LogP contribution in [0, 0.1) is 0 Å². The molecule has 0 aliphatic heterocycles. The van der Waals surface area contributed by atoms with Gasteiger partial charge in [-0.3, -0.25) is 4.79 Å². The number of furan rings is 1. The van der Waals surface area contributed by atoms with Crippen LogP contribution in [0.4, 0.5) is 5.69 Å². The highest BCUT2D eigenvalue weighted by Crippen LogP contribution is 2.14. The summed E-state index contributed by atoms with van der Waals surface area (Å²) in [6, 6.07) is 8.89. The highest BCUT2D eigenvalue weighted by atomic mass is 16.3. The largest absolute Gasteiger partial charge is 0.472 e. The van der Waals surface area contributed by atoms with Crippen molar-refractivity contribution in [3.8, 4) is 0 Å². The van der Waals surface area contributed by atoms with Crippen molar-refractivity contribution in [1.29, 1.82) is 0 Å². The number of nitrogen functional groups attached to an aromatic ring is 1. The first-order valence-electron chi connectivity index (χ1n) is 5.29. The van der Waals surface area contributed by atoms with Gasteiger partial charge in [-0.2, -0.15) is 0 Å². The maximum atomic E-state index is 12.1. The summed E-state index contributed by atoms with van der Waals surface area (Å²) in [6.45, 7) is 0.504. The molecule has 1 aromatic carbocycles. The molecule has 0 spiro atoms. The van der Waals surface area contributed by atoms with Crippen LogP contribution in [0.1, 0.15) is 15.9 Å². The van der Waals surface area contributed by atoms with Gasteiger partial charge in [-0.15, -0.1) is 0 Å². The predicted molar refractivity (Wildman–Crippen MR) is 65.4 cm³/mol. The van der Waals surface area contributed by atoms with E-state index in [-0.39, 0.29) is 5.91 Å². The SMILES string of the molecule is CN(Cc1ccoc1)C(=O)c1ccccc1N. The number of nitrogens with two attached hydrogens (primary N) is 1. The van der Waals surface area contributed by atoms with Gasteiger partial charge in [0.15, 0.2) is 0 Å². The molecule has 1 aromatic heterocycles. The lowest BCUT2D eigenvalue weighted by Crippen LogP contribution is -2.26. The third-order valence-corrected chi connectivity index (χ3v) is 2.54. The average molecular weight is 230 g/mol. The summed E-state index contributed by atoms with van der Waals surface area (Å²) in [5.74, 6) is -0.0932. The third kappa shape index (κ3) is 2.47. The van der Waals surface area contributed by atoms with Gasteiger partial charge in [-0.25, -0.2) is 0 Å². The highest BCUT2D eigenvalue weighted by Gasteiger charge is 2.14. The minimum atomic E-state index is -0.0932. The van der Waals surface area contributed by atoms with E-state index in [1.807, 2.05) is 12.1 Å². The quantitative estimate of drug-likeness (QED) is 0.822. The molecular weight excluding hydrogens is 216 g/mol. The van der Waals surface area contributed by atoms with Gasteiger partial charge in [0, 0.05) is 24.8 Å². The number of hydrogen-bond donors (Lipinski definition) is 1. The van der Waals surface area contributed by atoms with Gasteiger partial charge in [0.25, 0.3) is 5.91 Å². The molecule has 0 aliphatic carbocycles. The van der Waals surface area contributed by atoms with Gasteiger partial charge in [0.05, 0.1) is 18.1 Å². The van der Waals surface area contributed by atoms with E-state index in [1.54, 1.807) is 42.7 Å². The Morgan fingerprint density at radius 2 is 2.12 bits per heavy atom. The number of amides is 1. The van der Waals surface area contributed by atoms with Gasteiger partial charge in [-0.05, 0) is 18.2 Å². The van der Waals surface area contributed by atoms with Crippen molar-refractivity contribution in [2.75, 3.05) is 12.8 Å². The van der Waals surface area contributed by atoms with Crippen molar-refractivity contribution in [3.05, 3.63) is 54.0 Å². The molecule has 0 radical (unpaired) electrons. The fraction of sp³-hybridized carbons (Fsp3) is 0.154. The van der Waals surface area contributed by atoms with Gasteiger partial charge in [0.2, 0.25) is 0 Å². The van der Waals surface area contributed by atoms with Crippen molar-refractivity contribution in [3.63, 3.8) is 0 Å². The maximum Gasteiger partial charge on any atom is 0.255 e. The molecule has 0 aliphatic rings. The molecule has 17 heavy (non-hydrogen) atoms. The second kappa shape index (κ2) is 4.74. The summed E-state index contributed by atoms with van der Waals surface area (Å²) < 4.78 is 4.96. The van der Waals surface area contributed by atoms with Crippen molar-refractivity contribution in [1.82, 2.24) is 4.90 Å². The molecule has 2 rings (SSSR count). The van der Waals surface area contributed by atoms with Gasteiger partial charge >= 0.3 is 0 Å². The predicted octanol–water partition coefficient (Wildman–Crippen LogP) is 2.13. The van der Waals surface area contributed by atoms with E-state index in [0.29, 0.717) is 17.8 Å². The molecule has 0 atom stereocenters. The van der Waals surface area contributed by atoms with Crippen LogP contribution in [-0.2, 0) is 6.54 Å². The Morgan fingerprint density at radius 3 is 2.76 bits per heavy atom.